The molecule has 0 aromatic carbocycles. The smallest absolute Gasteiger partial charge is 0.225 e. The maximum absolute atomic E-state index is 12.9. The number of aliphatic hydroxyl groups excluding tert-OH is 1. The van der Waals surface area contributed by atoms with Gasteiger partial charge in [-0.2, -0.15) is 5.10 Å². The molecule has 1 amide bonds. The summed E-state index contributed by atoms with van der Waals surface area (Å²) in [6, 6.07) is 1.90. The number of carbonyl (C=O) groups excluding carboxylic acids is 1. The van der Waals surface area contributed by atoms with Gasteiger partial charge in [0, 0.05) is 44.4 Å². The maximum atomic E-state index is 12.9. The molecule has 1 aliphatic carbocycles. The molecule has 0 unspecified atom stereocenters. The number of hydrogen-bond acceptors (Lipinski definition) is 5. The van der Waals surface area contributed by atoms with Crippen LogP contribution >= 0.6 is 0 Å². The van der Waals surface area contributed by atoms with Gasteiger partial charge in [-0.3, -0.25) is 9.48 Å². The molecule has 1 saturated carbocycles. The number of aliphatic hydroxyl groups is 1. The van der Waals surface area contributed by atoms with Gasteiger partial charge in [-0.05, 0) is 44.6 Å². The molecule has 4 rings (SSSR count). The minimum atomic E-state index is -0.227. The lowest BCUT2D eigenvalue weighted by molar-refractivity contribution is -0.138. The molecular weight excluding hydrogens is 344 g/mol. The molecule has 0 radical (unpaired) electrons. The first-order valence-electron chi connectivity index (χ1n) is 9.94. The van der Waals surface area contributed by atoms with Gasteiger partial charge in [0.1, 0.15) is 12.4 Å². The molecule has 2 aromatic rings. The van der Waals surface area contributed by atoms with Crippen LogP contribution in [-0.4, -0.2) is 59.7 Å². The Morgan fingerprint density at radius 2 is 2.04 bits per heavy atom. The average Bonchev–Trinajstić information content (AvgIpc) is 3.33. The molecule has 2 aromatic heterocycles. The van der Waals surface area contributed by atoms with Gasteiger partial charge in [0.2, 0.25) is 5.91 Å². The lowest BCUT2D eigenvalue weighted by Crippen LogP contribution is -2.43. The Labute approximate surface area is 159 Å². The van der Waals surface area contributed by atoms with Crippen LogP contribution in [0.25, 0.3) is 0 Å². The number of hydrogen-bond donors (Lipinski definition) is 1. The SMILES string of the molecule is Cn1c(Cn2cccn2)nnc1[C@H]1CCCN(C(=O)C2CCC(O)CC2)C1. The Morgan fingerprint density at radius 1 is 1.22 bits per heavy atom. The van der Waals surface area contributed by atoms with E-state index in [0.29, 0.717) is 13.1 Å². The van der Waals surface area contributed by atoms with Crippen LogP contribution in [0.2, 0.25) is 0 Å². The molecular formula is C19H28N6O2. The molecule has 3 heterocycles. The van der Waals surface area contributed by atoms with E-state index in [9.17, 15) is 9.90 Å². The van der Waals surface area contributed by atoms with Gasteiger partial charge in [-0.1, -0.05) is 0 Å². The van der Waals surface area contributed by atoms with Crippen LogP contribution in [0.4, 0.5) is 0 Å². The molecule has 8 nitrogen and oxygen atoms in total. The van der Waals surface area contributed by atoms with Crippen molar-refractivity contribution in [3.05, 3.63) is 30.1 Å². The molecule has 2 aliphatic rings. The van der Waals surface area contributed by atoms with Crippen LogP contribution in [0.5, 0.6) is 0 Å². The number of likely N-dealkylation sites (tertiary alicyclic amines) is 1. The lowest BCUT2D eigenvalue weighted by Gasteiger charge is -2.36. The summed E-state index contributed by atoms with van der Waals surface area (Å²) in [6.07, 6.45) is 8.56. The van der Waals surface area contributed by atoms with E-state index >= 15 is 0 Å². The fraction of sp³-hybridized carbons (Fsp3) is 0.684. The third-order valence-electron chi connectivity index (χ3n) is 6.01. The highest BCUT2D eigenvalue weighted by Crippen LogP contribution is 2.30. The molecule has 146 valence electrons. The molecule has 1 saturated heterocycles. The summed E-state index contributed by atoms with van der Waals surface area (Å²) in [6.45, 7) is 2.13. The van der Waals surface area contributed by atoms with Crippen molar-refractivity contribution in [1.29, 1.82) is 0 Å². The van der Waals surface area contributed by atoms with Crippen molar-refractivity contribution < 1.29 is 9.90 Å². The van der Waals surface area contributed by atoms with Crippen LogP contribution in [0.15, 0.2) is 18.5 Å². The number of aromatic nitrogens is 5. The van der Waals surface area contributed by atoms with Gasteiger partial charge in [-0.15, -0.1) is 10.2 Å². The number of nitrogens with zero attached hydrogens (tertiary/aromatic N) is 6. The fourth-order valence-electron chi connectivity index (χ4n) is 4.38. The van der Waals surface area contributed by atoms with Crippen LogP contribution in [0.1, 0.15) is 56.1 Å². The monoisotopic (exact) mass is 372 g/mol. The van der Waals surface area contributed by atoms with Crippen molar-refractivity contribution in [3.8, 4) is 0 Å². The zero-order chi connectivity index (χ0) is 18.8. The Bertz CT molecular complexity index is 763. The van der Waals surface area contributed by atoms with Gasteiger partial charge in [-0.25, -0.2) is 0 Å². The lowest BCUT2D eigenvalue weighted by atomic mass is 9.85. The first-order chi connectivity index (χ1) is 13.1. The van der Waals surface area contributed by atoms with Gasteiger partial charge < -0.3 is 14.6 Å². The second-order valence-corrected chi connectivity index (χ2v) is 7.87. The van der Waals surface area contributed by atoms with Crippen LogP contribution in [-0.2, 0) is 18.4 Å². The zero-order valence-electron chi connectivity index (χ0n) is 15.9. The molecule has 27 heavy (non-hydrogen) atoms. The quantitative estimate of drug-likeness (QED) is 0.874. The summed E-state index contributed by atoms with van der Waals surface area (Å²) >= 11 is 0. The normalized spacial score (nSPS) is 26.3. The van der Waals surface area contributed by atoms with Crippen LogP contribution in [0, 0.1) is 5.92 Å². The minimum absolute atomic E-state index is 0.0713. The number of rotatable bonds is 4. The molecule has 8 heteroatoms. The van der Waals surface area contributed by atoms with Gasteiger partial charge in [0.25, 0.3) is 0 Å². The summed E-state index contributed by atoms with van der Waals surface area (Å²) in [5, 5.41) is 22.7. The topological polar surface area (TPSA) is 89.1 Å². The third-order valence-corrected chi connectivity index (χ3v) is 6.01. The minimum Gasteiger partial charge on any atom is -0.393 e. The average molecular weight is 372 g/mol. The summed E-state index contributed by atoms with van der Waals surface area (Å²) in [5.74, 6) is 2.38. The second kappa shape index (κ2) is 7.80. The predicted octanol–water partition coefficient (Wildman–Crippen LogP) is 1.32. The Morgan fingerprint density at radius 3 is 2.78 bits per heavy atom. The third kappa shape index (κ3) is 3.90. The van der Waals surface area contributed by atoms with Crippen molar-refractivity contribution in [3.63, 3.8) is 0 Å². The molecule has 0 spiro atoms. The van der Waals surface area contributed by atoms with E-state index in [4.69, 9.17) is 0 Å². The Balaban J connectivity index is 1.42. The number of amides is 1. The first kappa shape index (κ1) is 18.2. The van der Waals surface area contributed by atoms with E-state index in [1.54, 1.807) is 6.20 Å². The highest BCUT2D eigenvalue weighted by atomic mass is 16.3. The Hall–Kier alpha value is -2.22. The van der Waals surface area contributed by atoms with E-state index in [-0.39, 0.29) is 23.8 Å². The maximum Gasteiger partial charge on any atom is 0.225 e. The molecule has 1 N–H and O–H groups in total. The summed E-state index contributed by atoms with van der Waals surface area (Å²) in [5.41, 5.74) is 0. The molecule has 1 aliphatic heterocycles. The standard InChI is InChI=1S/C19H28N6O2/c1-23-17(13-25-11-3-9-20-25)21-22-18(23)15-4-2-10-24(12-15)19(27)14-5-7-16(26)8-6-14/h3,9,11,14-16,26H,2,4-8,10,12-13H2,1H3/t14?,15-,16?/m0/s1. The molecule has 2 fully saturated rings. The number of piperidine rings is 1. The van der Waals surface area contributed by atoms with Crippen molar-refractivity contribution in [2.24, 2.45) is 13.0 Å². The van der Waals surface area contributed by atoms with Crippen molar-refractivity contribution >= 4 is 5.91 Å². The summed E-state index contributed by atoms with van der Waals surface area (Å²) in [7, 11) is 2.00. The van der Waals surface area contributed by atoms with Gasteiger partial charge in [0.15, 0.2) is 5.82 Å². The largest absolute Gasteiger partial charge is 0.393 e. The van der Waals surface area contributed by atoms with E-state index in [1.807, 2.05) is 28.9 Å². The van der Waals surface area contributed by atoms with E-state index in [0.717, 1.165) is 56.7 Å². The second-order valence-electron chi connectivity index (χ2n) is 7.87. The van der Waals surface area contributed by atoms with Gasteiger partial charge in [0.05, 0.1) is 6.10 Å². The molecule has 1 atom stereocenters. The highest BCUT2D eigenvalue weighted by molar-refractivity contribution is 5.79. The van der Waals surface area contributed by atoms with E-state index in [1.165, 1.54) is 0 Å². The van der Waals surface area contributed by atoms with Crippen molar-refractivity contribution in [2.75, 3.05) is 13.1 Å². The van der Waals surface area contributed by atoms with Crippen molar-refractivity contribution in [2.45, 2.75) is 57.1 Å². The van der Waals surface area contributed by atoms with Crippen LogP contribution in [0.3, 0.4) is 0 Å². The zero-order valence-corrected chi connectivity index (χ0v) is 15.9. The van der Waals surface area contributed by atoms with Crippen LogP contribution < -0.4 is 0 Å². The van der Waals surface area contributed by atoms with E-state index < -0.39 is 0 Å². The van der Waals surface area contributed by atoms with E-state index in [2.05, 4.69) is 19.9 Å². The summed E-state index contributed by atoms with van der Waals surface area (Å²) < 4.78 is 3.89. The predicted molar refractivity (Wildman–Crippen MR) is 98.9 cm³/mol. The number of carbonyl (C=O) groups is 1. The van der Waals surface area contributed by atoms with Gasteiger partial charge >= 0.3 is 0 Å². The Kier molecular flexibility index (Phi) is 5.24. The van der Waals surface area contributed by atoms with Crippen molar-refractivity contribution in [1.82, 2.24) is 29.4 Å². The fourth-order valence-corrected chi connectivity index (χ4v) is 4.38. The molecule has 0 bridgehead atoms. The summed E-state index contributed by atoms with van der Waals surface area (Å²) in [4.78, 5) is 14.9. The highest BCUT2D eigenvalue weighted by Gasteiger charge is 2.33. The first-order valence-corrected chi connectivity index (χ1v) is 9.94.